The molecule has 0 atom stereocenters. The summed E-state index contributed by atoms with van der Waals surface area (Å²) in [5.74, 6) is 0.918. The van der Waals surface area contributed by atoms with Gasteiger partial charge in [-0.1, -0.05) is 49.6 Å². The SMILES string of the molecule is Cl.c1ccc(Cn2ncc3c(NC4CCCCC4)ncnc32)cc1. The molecule has 1 saturated carbocycles. The highest BCUT2D eigenvalue weighted by molar-refractivity contribution is 5.86. The summed E-state index contributed by atoms with van der Waals surface area (Å²) in [6.07, 6.45) is 9.93. The van der Waals surface area contributed by atoms with Gasteiger partial charge in [0.25, 0.3) is 0 Å². The minimum atomic E-state index is 0. The monoisotopic (exact) mass is 343 g/mol. The van der Waals surface area contributed by atoms with Gasteiger partial charge in [-0.2, -0.15) is 5.10 Å². The molecule has 1 N–H and O–H groups in total. The Morgan fingerprint density at radius 1 is 1.04 bits per heavy atom. The summed E-state index contributed by atoms with van der Waals surface area (Å²) < 4.78 is 1.94. The van der Waals surface area contributed by atoms with Gasteiger partial charge >= 0.3 is 0 Å². The minimum absolute atomic E-state index is 0. The van der Waals surface area contributed by atoms with Crippen molar-refractivity contribution in [3.05, 3.63) is 48.4 Å². The maximum absolute atomic E-state index is 4.52. The van der Waals surface area contributed by atoms with Crippen molar-refractivity contribution >= 4 is 29.3 Å². The second-order valence-corrected chi connectivity index (χ2v) is 6.23. The summed E-state index contributed by atoms with van der Waals surface area (Å²) in [4.78, 5) is 8.89. The van der Waals surface area contributed by atoms with Crippen molar-refractivity contribution in [3.63, 3.8) is 0 Å². The lowest BCUT2D eigenvalue weighted by atomic mass is 9.95. The summed E-state index contributed by atoms with van der Waals surface area (Å²) in [5, 5.41) is 9.12. The molecule has 0 amide bonds. The maximum atomic E-state index is 4.52. The van der Waals surface area contributed by atoms with Crippen LogP contribution in [0.4, 0.5) is 5.82 Å². The predicted octanol–water partition coefficient (Wildman–Crippen LogP) is 4.04. The van der Waals surface area contributed by atoms with Crippen LogP contribution in [0.3, 0.4) is 0 Å². The lowest BCUT2D eigenvalue weighted by molar-refractivity contribution is 0.462. The number of hydrogen-bond donors (Lipinski definition) is 1. The number of nitrogens with zero attached hydrogens (tertiary/aromatic N) is 4. The maximum Gasteiger partial charge on any atom is 0.163 e. The Morgan fingerprint density at radius 3 is 2.62 bits per heavy atom. The molecule has 2 aromatic heterocycles. The number of hydrogen-bond acceptors (Lipinski definition) is 4. The van der Waals surface area contributed by atoms with Crippen LogP contribution in [0.5, 0.6) is 0 Å². The second-order valence-electron chi connectivity index (χ2n) is 6.23. The van der Waals surface area contributed by atoms with E-state index in [1.165, 1.54) is 37.7 Å². The van der Waals surface area contributed by atoms with Crippen molar-refractivity contribution in [3.8, 4) is 0 Å². The highest BCUT2D eigenvalue weighted by atomic mass is 35.5. The average molecular weight is 344 g/mol. The highest BCUT2D eigenvalue weighted by Gasteiger charge is 2.16. The molecule has 3 aromatic rings. The zero-order chi connectivity index (χ0) is 15.5. The lowest BCUT2D eigenvalue weighted by Crippen LogP contribution is -2.22. The first-order valence-electron chi connectivity index (χ1n) is 8.37. The topological polar surface area (TPSA) is 55.6 Å². The Labute approximate surface area is 147 Å². The van der Waals surface area contributed by atoms with E-state index in [2.05, 4.69) is 32.5 Å². The normalized spacial score (nSPS) is 15.2. The molecule has 5 nitrogen and oxygen atoms in total. The number of halogens is 1. The number of anilines is 1. The number of fused-ring (bicyclic) bond motifs is 1. The summed E-state index contributed by atoms with van der Waals surface area (Å²) in [7, 11) is 0. The summed E-state index contributed by atoms with van der Waals surface area (Å²) >= 11 is 0. The summed E-state index contributed by atoms with van der Waals surface area (Å²) in [6.45, 7) is 0.726. The smallest absolute Gasteiger partial charge is 0.163 e. The third-order valence-electron chi connectivity index (χ3n) is 4.55. The van der Waals surface area contributed by atoms with Gasteiger partial charge in [0.05, 0.1) is 18.1 Å². The van der Waals surface area contributed by atoms with Crippen LogP contribution in [0.2, 0.25) is 0 Å². The number of nitrogens with one attached hydrogen (secondary N) is 1. The second kappa shape index (κ2) is 7.62. The van der Waals surface area contributed by atoms with Crippen molar-refractivity contribution in [2.75, 3.05) is 5.32 Å². The van der Waals surface area contributed by atoms with Gasteiger partial charge in [0, 0.05) is 6.04 Å². The van der Waals surface area contributed by atoms with E-state index in [1.54, 1.807) is 6.33 Å². The molecule has 0 saturated heterocycles. The van der Waals surface area contributed by atoms with E-state index >= 15 is 0 Å². The first-order chi connectivity index (χ1) is 11.4. The van der Waals surface area contributed by atoms with Gasteiger partial charge in [-0.25, -0.2) is 14.6 Å². The van der Waals surface area contributed by atoms with E-state index in [0.29, 0.717) is 6.04 Å². The van der Waals surface area contributed by atoms with Gasteiger partial charge in [0.1, 0.15) is 12.1 Å². The van der Waals surface area contributed by atoms with Crippen molar-refractivity contribution < 1.29 is 0 Å². The highest BCUT2D eigenvalue weighted by Crippen LogP contribution is 2.25. The van der Waals surface area contributed by atoms with Gasteiger partial charge in [-0.3, -0.25) is 0 Å². The molecule has 0 bridgehead atoms. The third-order valence-corrected chi connectivity index (χ3v) is 4.55. The Hall–Kier alpha value is -2.14. The zero-order valence-corrected chi connectivity index (χ0v) is 14.4. The Kier molecular flexibility index (Phi) is 5.30. The molecule has 6 heteroatoms. The molecule has 0 radical (unpaired) electrons. The largest absolute Gasteiger partial charge is 0.367 e. The standard InChI is InChI=1S/C18H21N5.ClH/c1-3-7-14(8-4-1)12-23-18-16(11-21-23)17(19-13-20-18)22-15-9-5-2-6-10-15;/h1,3-4,7-8,11,13,15H,2,5-6,9-10,12H2,(H,19,20,22);1H. The van der Waals surface area contributed by atoms with Crippen LogP contribution in [-0.4, -0.2) is 25.8 Å². The molecule has 0 spiro atoms. The van der Waals surface area contributed by atoms with Crippen LogP contribution in [0, 0.1) is 0 Å². The molecular weight excluding hydrogens is 322 g/mol. The van der Waals surface area contributed by atoms with Gasteiger partial charge in [0.2, 0.25) is 0 Å². The van der Waals surface area contributed by atoms with E-state index in [1.807, 2.05) is 29.1 Å². The van der Waals surface area contributed by atoms with E-state index in [9.17, 15) is 0 Å². The summed E-state index contributed by atoms with van der Waals surface area (Å²) in [5.41, 5.74) is 2.11. The zero-order valence-electron chi connectivity index (χ0n) is 13.6. The molecule has 1 fully saturated rings. The van der Waals surface area contributed by atoms with Crippen molar-refractivity contribution in [1.82, 2.24) is 19.7 Å². The molecule has 1 aliphatic carbocycles. The quantitative estimate of drug-likeness (QED) is 0.776. The molecule has 2 heterocycles. The fraction of sp³-hybridized carbons (Fsp3) is 0.389. The molecular formula is C18H22ClN5. The van der Waals surface area contributed by atoms with Crippen LogP contribution in [0.25, 0.3) is 11.0 Å². The lowest BCUT2D eigenvalue weighted by Gasteiger charge is -2.23. The van der Waals surface area contributed by atoms with E-state index < -0.39 is 0 Å². The Bertz CT molecular complexity index is 780. The number of benzene rings is 1. The fourth-order valence-electron chi connectivity index (χ4n) is 3.32. The van der Waals surface area contributed by atoms with Crippen LogP contribution in [0.1, 0.15) is 37.7 Å². The molecule has 0 unspecified atom stereocenters. The van der Waals surface area contributed by atoms with Crippen LogP contribution >= 0.6 is 12.4 Å². The molecule has 4 rings (SSSR count). The number of rotatable bonds is 4. The van der Waals surface area contributed by atoms with E-state index in [0.717, 1.165) is 23.4 Å². The summed E-state index contributed by atoms with van der Waals surface area (Å²) in [6, 6.07) is 10.9. The Morgan fingerprint density at radius 2 is 1.83 bits per heavy atom. The van der Waals surface area contributed by atoms with Gasteiger partial charge < -0.3 is 5.32 Å². The van der Waals surface area contributed by atoms with Crippen LogP contribution < -0.4 is 5.32 Å². The fourth-order valence-corrected chi connectivity index (χ4v) is 3.32. The first kappa shape index (κ1) is 16.7. The van der Waals surface area contributed by atoms with Gasteiger partial charge in [-0.15, -0.1) is 12.4 Å². The molecule has 0 aliphatic heterocycles. The minimum Gasteiger partial charge on any atom is -0.367 e. The van der Waals surface area contributed by atoms with Crippen molar-refractivity contribution in [1.29, 1.82) is 0 Å². The Balaban J connectivity index is 0.00000169. The predicted molar refractivity (Wildman–Crippen MR) is 98.6 cm³/mol. The van der Waals surface area contributed by atoms with E-state index in [-0.39, 0.29) is 12.4 Å². The average Bonchev–Trinajstić information content (AvgIpc) is 3.01. The van der Waals surface area contributed by atoms with Gasteiger partial charge in [-0.05, 0) is 18.4 Å². The van der Waals surface area contributed by atoms with Crippen molar-refractivity contribution in [2.24, 2.45) is 0 Å². The van der Waals surface area contributed by atoms with Crippen LogP contribution in [-0.2, 0) is 6.54 Å². The van der Waals surface area contributed by atoms with E-state index in [4.69, 9.17) is 0 Å². The number of aromatic nitrogens is 4. The molecule has 1 aromatic carbocycles. The van der Waals surface area contributed by atoms with Crippen LogP contribution in [0.15, 0.2) is 42.9 Å². The molecule has 1 aliphatic rings. The first-order valence-corrected chi connectivity index (χ1v) is 8.37. The third kappa shape index (κ3) is 3.51. The molecule has 126 valence electrons. The van der Waals surface area contributed by atoms with Crippen molar-refractivity contribution in [2.45, 2.75) is 44.7 Å². The molecule has 24 heavy (non-hydrogen) atoms. The van der Waals surface area contributed by atoms with Gasteiger partial charge in [0.15, 0.2) is 5.65 Å².